The van der Waals surface area contributed by atoms with Crippen molar-refractivity contribution in [1.29, 1.82) is 0 Å². The SMILES string of the molecule is Cc1ccc(C2CCNCC2)c(OCC(C)C)c1. The van der Waals surface area contributed by atoms with Gasteiger partial charge in [-0.05, 0) is 61.9 Å². The zero-order valence-corrected chi connectivity index (χ0v) is 11.8. The van der Waals surface area contributed by atoms with Crippen molar-refractivity contribution in [2.75, 3.05) is 19.7 Å². The Morgan fingerprint density at radius 1 is 1.28 bits per heavy atom. The average Bonchev–Trinajstić information content (AvgIpc) is 2.37. The number of aryl methyl sites for hydroxylation is 1. The molecule has 18 heavy (non-hydrogen) atoms. The van der Waals surface area contributed by atoms with Gasteiger partial charge >= 0.3 is 0 Å². The Morgan fingerprint density at radius 2 is 2.00 bits per heavy atom. The second-order valence-corrected chi connectivity index (χ2v) is 5.77. The summed E-state index contributed by atoms with van der Waals surface area (Å²) < 4.78 is 6.01. The number of hydrogen-bond donors (Lipinski definition) is 1. The topological polar surface area (TPSA) is 21.3 Å². The van der Waals surface area contributed by atoms with Gasteiger partial charge in [0.15, 0.2) is 0 Å². The van der Waals surface area contributed by atoms with Gasteiger partial charge in [-0.3, -0.25) is 0 Å². The fourth-order valence-corrected chi connectivity index (χ4v) is 2.49. The minimum absolute atomic E-state index is 0.575. The van der Waals surface area contributed by atoms with Crippen LogP contribution < -0.4 is 10.1 Å². The van der Waals surface area contributed by atoms with Gasteiger partial charge in [0, 0.05) is 0 Å². The van der Waals surface area contributed by atoms with Crippen LogP contribution >= 0.6 is 0 Å². The second kappa shape index (κ2) is 6.24. The zero-order valence-electron chi connectivity index (χ0n) is 11.8. The molecule has 0 aliphatic carbocycles. The minimum atomic E-state index is 0.575. The third-order valence-electron chi connectivity index (χ3n) is 3.52. The average molecular weight is 247 g/mol. The fourth-order valence-electron chi connectivity index (χ4n) is 2.49. The number of rotatable bonds is 4. The summed E-state index contributed by atoms with van der Waals surface area (Å²) >= 11 is 0. The molecule has 1 fully saturated rings. The smallest absolute Gasteiger partial charge is 0.123 e. The number of benzene rings is 1. The zero-order chi connectivity index (χ0) is 13.0. The third kappa shape index (κ3) is 3.49. The molecule has 1 aliphatic rings. The van der Waals surface area contributed by atoms with E-state index >= 15 is 0 Å². The molecule has 1 saturated heterocycles. The Balaban J connectivity index is 2.16. The summed E-state index contributed by atoms with van der Waals surface area (Å²) in [6, 6.07) is 6.67. The van der Waals surface area contributed by atoms with Crippen LogP contribution in [0.1, 0.15) is 43.7 Å². The molecule has 2 rings (SSSR count). The first kappa shape index (κ1) is 13.4. The van der Waals surface area contributed by atoms with Gasteiger partial charge < -0.3 is 10.1 Å². The van der Waals surface area contributed by atoms with Crippen LogP contribution in [0.3, 0.4) is 0 Å². The third-order valence-corrected chi connectivity index (χ3v) is 3.52. The summed E-state index contributed by atoms with van der Waals surface area (Å²) in [7, 11) is 0. The lowest BCUT2D eigenvalue weighted by Gasteiger charge is -2.25. The van der Waals surface area contributed by atoms with Crippen LogP contribution in [0.5, 0.6) is 5.75 Å². The molecule has 0 amide bonds. The van der Waals surface area contributed by atoms with Gasteiger partial charge in [-0.15, -0.1) is 0 Å². The van der Waals surface area contributed by atoms with E-state index in [-0.39, 0.29) is 0 Å². The Labute approximate surface area is 111 Å². The van der Waals surface area contributed by atoms with Gasteiger partial charge in [0.05, 0.1) is 6.61 Å². The van der Waals surface area contributed by atoms with E-state index in [9.17, 15) is 0 Å². The highest BCUT2D eigenvalue weighted by Gasteiger charge is 2.19. The summed E-state index contributed by atoms with van der Waals surface area (Å²) in [6.07, 6.45) is 2.45. The van der Waals surface area contributed by atoms with Crippen molar-refractivity contribution in [1.82, 2.24) is 5.32 Å². The Morgan fingerprint density at radius 3 is 2.67 bits per heavy atom. The highest BCUT2D eigenvalue weighted by Crippen LogP contribution is 2.33. The van der Waals surface area contributed by atoms with Gasteiger partial charge in [0.2, 0.25) is 0 Å². The van der Waals surface area contributed by atoms with Gasteiger partial charge in [0.1, 0.15) is 5.75 Å². The van der Waals surface area contributed by atoms with Crippen molar-refractivity contribution in [3.63, 3.8) is 0 Å². The first-order chi connectivity index (χ1) is 8.66. The highest BCUT2D eigenvalue weighted by molar-refractivity contribution is 5.39. The number of hydrogen-bond acceptors (Lipinski definition) is 2. The lowest BCUT2D eigenvalue weighted by atomic mass is 9.89. The van der Waals surface area contributed by atoms with Crippen molar-refractivity contribution in [3.8, 4) is 5.75 Å². The maximum absolute atomic E-state index is 6.01. The van der Waals surface area contributed by atoms with Crippen molar-refractivity contribution in [2.24, 2.45) is 5.92 Å². The number of piperidine rings is 1. The van der Waals surface area contributed by atoms with Crippen molar-refractivity contribution in [3.05, 3.63) is 29.3 Å². The quantitative estimate of drug-likeness (QED) is 0.879. The molecule has 0 radical (unpaired) electrons. The molecule has 100 valence electrons. The second-order valence-electron chi connectivity index (χ2n) is 5.77. The molecule has 1 aromatic rings. The summed E-state index contributed by atoms with van der Waals surface area (Å²) in [5.41, 5.74) is 2.69. The molecule has 2 heteroatoms. The molecule has 1 N–H and O–H groups in total. The predicted molar refractivity (Wildman–Crippen MR) is 76.4 cm³/mol. The monoisotopic (exact) mass is 247 g/mol. The maximum Gasteiger partial charge on any atom is 0.123 e. The van der Waals surface area contributed by atoms with Crippen LogP contribution in [0.2, 0.25) is 0 Å². The van der Waals surface area contributed by atoms with Crippen molar-refractivity contribution in [2.45, 2.75) is 39.5 Å². The largest absolute Gasteiger partial charge is 0.493 e. The predicted octanol–water partition coefficient (Wildman–Crippen LogP) is 3.50. The summed E-state index contributed by atoms with van der Waals surface area (Å²) in [5.74, 6) is 2.34. The Kier molecular flexibility index (Phi) is 4.65. The highest BCUT2D eigenvalue weighted by atomic mass is 16.5. The molecular weight excluding hydrogens is 222 g/mol. The van der Waals surface area contributed by atoms with E-state index in [4.69, 9.17) is 4.74 Å². The molecule has 2 nitrogen and oxygen atoms in total. The van der Waals surface area contributed by atoms with E-state index < -0.39 is 0 Å². The molecule has 0 saturated carbocycles. The molecule has 1 heterocycles. The van der Waals surface area contributed by atoms with E-state index in [1.165, 1.54) is 24.0 Å². The standard InChI is InChI=1S/C16H25NO/c1-12(2)11-18-16-10-13(3)4-5-15(16)14-6-8-17-9-7-14/h4-5,10,12,14,17H,6-9,11H2,1-3H3. The Hall–Kier alpha value is -1.02. The van der Waals surface area contributed by atoms with Gasteiger partial charge in [-0.25, -0.2) is 0 Å². The van der Waals surface area contributed by atoms with Crippen LogP contribution in [0.15, 0.2) is 18.2 Å². The van der Waals surface area contributed by atoms with Crippen LogP contribution in [0.25, 0.3) is 0 Å². The lowest BCUT2D eigenvalue weighted by Crippen LogP contribution is -2.27. The van der Waals surface area contributed by atoms with Crippen LogP contribution in [0.4, 0.5) is 0 Å². The summed E-state index contributed by atoms with van der Waals surface area (Å²) in [4.78, 5) is 0. The van der Waals surface area contributed by atoms with Crippen molar-refractivity contribution < 1.29 is 4.74 Å². The maximum atomic E-state index is 6.01. The van der Waals surface area contributed by atoms with Crippen LogP contribution in [0, 0.1) is 12.8 Å². The molecule has 0 aromatic heterocycles. The van der Waals surface area contributed by atoms with Gasteiger partial charge in [-0.1, -0.05) is 26.0 Å². The number of ether oxygens (including phenoxy) is 1. The van der Waals surface area contributed by atoms with E-state index in [1.54, 1.807) is 0 Å². The van der Waals surface area contributed by atoms with Gasteiger partial charge in [-0.2, -0.15) is 0 Å². The number of nitrogens with one attached hydrogen (secondary N) is 1. The molecule has 0 unspecified atom stereocenters. The normalized spacial score (nSPS) is 17.1. The Bertz CT molecular complexity index is 381. The first-order valence-electron chi connectivity index (χ1n) is 7.11. The molecule has 1 aromatic carbocycles. The van der Waals surface area contributed by atoms with E-state index in [0.717, 1.165) is 25.4 Å². The van der Waals surface area contributed by atoms with Crippen LogP contribution in [-0.2, 0) is 0 Å². The molecule has 1 aliphatic heterocycles. The lowest BCUT2D eigenvalue weighted by molar-refractivity contribution is 0.265. The fraction of sp³-hybridized carbons (Fsp3) is 0.625. The first-order valence-corrected chi connectivity index (χ1v) is 7.11. The van der Waals surface area contributed by atoms with Crippen molar-refractivity contribution >= 4 is 0 Å². The summed E-state index contributed by atoms with van der Waals surface area (Å²) in [6.45, 7) is 9.58. The van der Waals surface area contributed by atoms with E-state index in [0.29, 0.717) is 11.8 Å². The molecule has 0 bridgehead atoms. The van der Waals surface area contributed by atoms with Crippen LogP contribution in [-0.4, -0.2) is 19.7 Å². The molecular formula is C16H25NO. The van der Waals surface area contributed by atoms with E-state index in [2.05, 4.69) is 44.3 Å². The van der Waals surface area contributed by atoms with Gasteiger partial charge in [0.25, 0.3) is 0 Å². The minimum Gasteiger partial charge on any atom is -0.493 e. The van der Waals surface area contributed by atoms with E-state index in [1.807, 2.05) is 0 Å². The molecule has 0 atom stereocenters. The summed E-state index contributed by atoms with van der Waals surface area (Å²) in [5, 5.41) is 3.42. The molecule has 0 spiro atoms.